The number of hydrogen-bond donors (Lipinski definition) is 3. The predicted octanol–water partition coefficient (Wildman–Crippen LogP) is 3.30. The lowest BCUT2D eigenvalue weighted by Gasteiger charge is -2.11. The highest BCUT2D eigenvalue weighted by Crippen LogP contribution is 2.22. The molecule has 29 heavy (non-hydrogen) atoms. The fourth-order valence-corrected chi connectivity index (χ4v) is 3.10. The predicted molar refractivity (Wildman–Crippen MR) is 111 cm³/mol. The number of amides is 2. The molecule has 0 bridgehead atoms. The number of nitrogens with one attached hydrogen (secondary N) is 3. The highest BCUT2D eigenvalue weighted by Gasteiger charge is 2.18. The Balaban J connectivity index is 1.64. The van der Waals surface area contributed by atoms with E-state index in [9.17, 15) is 14.4 Å². The maximum absolute atomic E-state index is 12.6. The smallest absolute Gasteiger partial charge is 0.397 e. The summed E-state index contributed by atoms with van der Waals surface area (Å²) in [6, 6.07) is 12.1. The van der Waals surface area contributed by atoms with Crippen molar-refractivity contribution < 1.29 is 19.1 Å². The number of rotatable bonds is 6. The second-order valence-electron chi connectivity index (χ2n) is 6.23. The number of esters is 1. The third kappa shape index (κ3) is 4.94. The Hall–Kier alpha value is -3.32. The van der Waals surface area contributed by atoms with E-state index in [4.69, 9.17) is 11.6 Å². The molecule has 3 rings (SSSR count). The van der Waals surface area contributed by atoms with Crippen LogP contribution in [0.3, 0.4) is 0 Å². The van der Waals surface area contributed by atoms with Crippen LogP contribution in [0.5, 0.6) is 0 Å². The summed E-state index contributed by atoms with van der Waals surface area (Å²) < 4.78 is 4.66. The lowest BCUT2D eigenvalue weighted by atomic mass is 10.1. The molecule has 0 saturated heterocycles. The highest BCUT2D eigenvalue weighted by molar-refractivity contribution is 6.37. The van der Waals surface area contributed by atoms with Crippen molar-refractivity contribution in [3.63, 3.8) is 0 Å². The maximum Gasteiger partial charge on any atom is 0.397 e. The number of halogens is 1. The molecule has 2 amide bonds. The van der Waals surface area contributed by atoms with Gasteiger partial charge in [-0.05, 0) is 49.2 Å². The molecule has 1 heterocycles. The molecule has 0 spiro atoms. The molecule has 0 aliphatic carbocycles. The summed E-state index contributed by atoms with van der Waals surface area (Å²) in [5, 5.41) is 6.90. The SMILES string of the molecule is CCOC(=O)C(=O)Nc1ccccc1C(=O)NCCc1c[nH]c2ccc(Cl)cc12. The van der Waals surface area contributed by atoms with Gasteiger partial charge in [0.05, 0.1) is 17.9 Å². The summed E-state index contributed by atoms with van der Waals surface area (Å²) in [6.07, 6.45) is 2.49. The number of carbonyl (C=O) groups excluding carboxylic acids is 3. The molecule has 2 aromatic carbocycles. The van der Waals surface area contributed by atoms with Gasteiger partial charge in [0.2, 0.25) is 0 Å². The molecule has 1 aromatic heterocycles. The van der Waals surface area contributed by atoms with E-state index in [1.54, 1.807) is 31.2 Å². The van der Waals surface area contributed by atoms with Gasteiger partial charge in [0.1, 0.15) is 0 Å². The van der Waals surface area contributed by atoms with Crippen LogP contribution in [-0.4, -0.2) is 35.9 Å². The van der Waals surface area contributed by atoms with Crippen LogP contribution in [-0.2, 0) is 20.7 Å². The molecule has 8 heteroatoms. The first-order valence-corrected chi connectivity index (χ1v) is 9.48. The lowest BCUT2D eigenvalue weighted by molar-refractivity contribution is -0.152. The Morgan fingerprint density at radius 2 is 1.93 bits per heavy atom. The molecule has 150 valence electrons. The second-order valence-corrected chi connectivity index (χ2v) is 6.67. The summed E-state index contributed by atoms with van der Waals surface area (Å²) in [4.78, 5) is 39.1. The number of aromatic amines is 1. The molecule has 0 saturated carbocycles. The summed E-state index contributed by atoms with van der Waals surface area (Å²) >= 11 is 6.06. The van der Waals surface area contributed by atoms with Gasteiger partial charge in [-0.3, -0.25) is 9.59 Å². The topological polar surface area (TPSA) is 100 Å². The third-order valence-corrected chi connectivity index (χ3v) is 4.53. The van der Waals surface area contributed by atoms with Gasteiger partial charge < -0.3 is 20.4 Å². The number of fused-ring (bicyclic) bond motifs is 1. The zero-order chi connectivity index (χ0) is 20.8. The second kappa shape index (κ2) is 9.25. The Bertz CT molecular complexity index is 1060. The summed E-state index contributed by atoms with van der Waals surface area (Å²) in [7, 11) is 0. The molecule has 0 radical (unpaired) electrons. The van der Waals surface area contributed by atoms with Gasteiger partial charge in [0.25, 0.3) is 5.91 Å². The number of benzene rings is 2. The van der Waals surface area contributed by atoms with Crippen LogP contribution in [0.25, 0.3) is 10.9 Å². The van der Waals surface area contributed by atoms with Crippen molar-refractivity contribution in [2.24, 2.45) is 0 Å². The van der Waals surface area contributed by atoms with Gasteiger partial charge in [0, 0.05) is 28.7 Å². The Labute approximate surface area is 172 Å². The average molecular weight is 414 g/mol. The lowest BCUT2D eigenvalue weighted by Crippen LogP contribution is -2.29. The normalized spacial score (nSPS) is 10.6. The van der Waals surface area contributed by atoms with Gasteiger partial charge in [-0.25, -0.2) is 4.79 Å². The van der Waals surface area contributed by atoms with E-state index in [0.29, 0.717) is 18.0 Å². The van der Waals surface area contributed by atoms with E-state index >= 15 is 0 Å². The number of carbonyl (C=O) groups is 3. The molecule has 0 unspecified atom stereocenters. The van der Waals surface area contributed by atoms with Gasteiger partial charge in [-0.15, -0.1) is 0 Å². The summed E-state index contributed by atoms with van der Waals surface area (Å²) in [5.41, 5.74) is 2.50. The average Bonchev–Trinajstić information content (AvgIpc) is 3.10. The van der Waals surface area contributed by atoms with Crippen molar-refractivity contribution in [2.75, 3.05) is 18.5 Å². The monoisotopic (exact) mass is 413 g/mol. The molecule has 0 aliphatic rings. The van der Waals surface area contributed by atoms with Gasteiger partial charge in [-0.1, -0.05) is 23.7 Å². The molecule has 0 fully saturated rings. The largest absolute Gasteiger partial charge is 0.459 e. The minimum absolute atomic E-state index is 0.0907. The van der Waals surface area contributed by atoms with E-state index in [1.165, 1.54) is 0 Å². The molecule has 3 aromatic rings. The number of H-pyrrole nitrogens is 1. The standard InChI is InChI=1S/C21H20ClN3O4/c1-2-29-21(28)20(27)25-18-6-4-3-5-15(18)19(26)23-10-9-13-12-24-17-8-7-14(22)11-16(13)17/h3-8,11-12,24H,2,9-10H2,1H3,(H,23,26)(H,25,27). The zero-order valence-corrected chi connectivity index (χ0v) is 16.5. The first kappa shape index (κ1) is 20.4. The fourth-order valence-electron chi connectivity index (χ4n) is 2.92. The number of ether oxygens (including phenoxy) is 1. The number of anilines is 1. The van der Waals surface area contributed by atoms with Crippen molar-refractivity contribution >= 4 is 46.0 Å². The minimum atomic E-state index is -0.999. The first-order chi connectivity index (χ1) is 14.0. The maximum atomic E-state index is 12.6. The Morgan fingerprint density at radius 3 is 2.72 bits per heavy atom. The van der Waals surface area contributed by atoms with Gasteiger partial charge in [-0.2, -0.15) is 0 Å². The van der Waals surface area contributed by atoms with Crippen LogP contribution in [0.4, 0.5) is 5.69 Å². The van der Waals surface area contributed by atoms with E-state index in [-0.39, 0.29) is 23.8 Å². The van der Waals surface area contributed by atoms with Crippen LogP contribution in [0, 0.1) is 0 Å². The van der Waals surface area contributed by atoms with Crippen LogP contribution in [0.2, 0.25) is 5.02 Å². The summed E-state index contributed by atoms with van der Waals surface area (Å²) in [6.45, 7) is 2.08. The van der Waals surface area contributed by atoms with Crippen molar-refractivity contribution in [3.05, 3.63) is 64.8 Å². The van der Waals surface area contributed by atoms with Crippen LogP contribution < -0.4 is 10.6 Å². The van der Waals surface area contributed by atoms with Crippen molar-refractivity contribution in [2.45, 2.75) is 13.3 Å². The van der Waals surface area contributed by atoms with E-state index in [0.717, 1.165) is 16.5 Å². The zero-order valence-electron chi connectivity index (χ0n) is 15.8. The minimum Gasteiger partial charge on any atom is -0.459 e. The van der Waals surface area contributed by atoms with Crippen molar-refractivity contribution in [1.29, 1.82) is 0 Å². The van der Waals surface area contributed by atoms with Crippen LogP contribution in [0.15, 0.2) is 48.7 Å². The molecule has 0 atom stereocenters. The first-order valence-electron chi connectivity index (χ1n) is 9.10. The number of hydrogen-bond acceptors (Lipinski definition) is 4. The van der Waals surface area contributed by atoms with E-state index in [1.807, 2.05) is 24.4 Å². The molecular weight excluding hydrogens is 394 g/mol. The summed E-state index contributed by atoms with van der Waals surface area (Å²) in [5.74, 6) is -2.29. The highest BCUT2D eigenvalue weighted by atomic mass is 35.5. The van der Waals surface area contributed by atoms with E-state index in [2.05, 4.69) is 20.4 Å². The van der Waals surface area contributed by atoms with Crippen molar-refractivity contribution in [3.8, 4) is 0 Å². The third-order valence-electron chi connectivity index (χ3n) is 4.29. The number of para-hydroxylation sites is 1. The Morgan fingerprint density at radius 1 is 1.14 bits per heavy atom. The number of aromatic nitrogens is 1. The molecule has 3 N–H and O–H groups in total. The quantitative estimate of drug-likeness (QED) is 0.426. The molecule has 0 aliphatic heterocycles. The Kier molecular flexibility index (Phi) is 6.51. The van der Waals surface area contributed by atoms with Gasteiger partial charge in [0.15, 0.2) is 0 Å². The van der Waals surface area contributed by atoms with Crippen LogP contribution in [0.1, 0.15) is 22.8 Å². The van der Waals surface area contributed by atoms with Crippen molar-refractivity contribution in [1.82, 2.24) is 10.3 Å². The van der Waals surface area contributed by atoms with Gasteiger partial charge >= 0.3 is 11.9 Å². The molecule has 7 nitrogen and oxygen atoms in total. The fraction of sp³-hybridized carbons (Fsp3) is 0.190. The molecular formula is C21H20ClN3O4. The van der Waals surface area contributed by atoms with Crippen LogP contribution >= 0.6 is 11.6 Å². The van der Waals surface area contributed by atoms with E-state index < -0.39 is 11.9 Å².